The Morgan fingerprint density at radius 2 is 2.50 bits per heavy atom. The van der Waals surface area contributed by atoms with Crippen LogP contribution in [0.5, 0.6) is 0 Å². The Morgan fingerprint density at radius 3 is 3.14 bits per heavy atom. The Labute approximate surface area is 82.8 Å². The molecule has 0 amide bonds. The molecule has 0 unspecified atom stereocenters. The van der Waals surface area contributed by atoms with Crippen LogP contribution in [-0.4, -0.2) is 31.5 Å². The fourth-order valence-electron chi connectivity index (χ4n) is 1.03. The highest BCUT2D eigenvalue weighted by atomic mass is 16.5. The maximum absolute atomic E-state index is 7.17. The molecule has 0 saturated heterocycles. The fraction of sp³-hybridized carbons (Fsp3) is 0.333. The Balaban J connectivity index is 2.70. The predicted molar refractivity (Wildman–Crippen MR) is 56.9 cm³/mol. The molecule has 4 N–H and O–H groups in total. The monoisotopic (exact) mass is 194 g/mol. The summed E-state index contributed by atoms with van der Waals surface area (Å²) in [6.45, 7) is 1.26. The normalized spacial score (nSPS) is 9.79. The van der Waals surface area contributed by atoms with E-state index in [-0.39, 0.29) is 0 Å². The molecular weight excluding hydrogens is 180 g/mol. The maximum atomic E-state index is 7.17. The Hall–Kier alpha value is -1.62. The molecule has 0 aliphatic heterocycles. The molecule has 0 atom stereocenters. The van der Waals surface area contributed by atoms with E-state index >= 15 is 0 Å². The minimum absolute atomic E-state index is 0.556. The van der Waals surface area contributed by atoms with E-state index in [1.807, 2.05) is 0 Å². The Kier molecular flexibility index (Phi) is 3.87. The third-order valence-corrected chi connectivity index (χ3v) is 1.69. The van der Waals surface area contributed by atoms with Crippen LogP contribution in [0.4, 0.5) is 11.5 Å². The third kappa shape index (κ3) is 2.70. The van der Waals surface area contributed by atoms with Crippen molar-refractivity contribution < 1.29 is 4.74 Å². The minimum atomic E-state index is 0.556. The summed E-state index contributed by atoms with van der Waals surface area (Å²) in [6, 6.07) is 1.70. The molecule has 1 aromatic rings. The smallest absolute Gasteiger partial charge is 0.134 e. The number of rotatable bonds is 5. The summed E-state index contributed by atoms with van der Waals surface area (Å²) in [7, 11) is 1.63. The summed E-state index contributed by atoms with van der Waals surface area (Å²) in [5, 5.41) is 10.2. The average Bonchev–Trinajstić information content (AvgIpc) is 2.20. The molecule has 1 aromatic heterocycles. The van der Waals surface area contributed by atoms with Gasteiger partial charge in [-0.1, -0.05) is 0 Å². The topological polar surface area (TPSA) is 84.0 Å². The molecule has 0 aromatic carbocycles. The Morgan fingerprint density at radius 1 is 1.71 bits per heavy atom. The van der Waals surface area contributed by atoms with E-state index in [4.69, 9.17) is 15.9 Å². The van der Waals surface area contributed by atoms with Crippen LogP contribution in [0.3, 0.4) is 0 Å². The van der Waals surface area contributed by atoms with Crippen LogP contribution in [0.15, 0.2) is 12.3 Å². The van der Waals surface area contributed by atoms with Gasteiger partial charge in [0.15, 0.2) is 0 Å². The number of nitrogens with one attached hydrogen (secondary N) is 2. The number of hydrogen-bond donors (Lipinski definition) is 3. The SMILES string of the molecule is COCCNc1ncc(N)cc1C=N. The summed E-state index contributed by atoms with van der Waals surface area (Å²) >= 11 is 0. The van der Waals surface area contributed by atoms with E-state index in [0.717, 1.165) is 0 Å². The van der Waals surface area contributed by atoms with Crippen LogP contribution >= 0.6 is 0 Å². The molecule has 5 heteroatoms. The molecular formula is C9H14N4O. The van der Waals surface area contributed by atoms with Crippen molar-refractivity contribution in [3.05, 3.63) is 17.8 Å². The van der Waals surface area contributed by atoms with E-state index in [2.05, 4.69) is 10.3 Å². The number of methoxy groups -OCH3 is 1. The number of aromatic nitrogens is 1. The van der Waals surface area contributed by atoms with Crippen LogP contribution in [0, 0.1) is 5.41 Å². The number of hydrogen-bond acceptors (Lipinski definition) is 5. The molecule has 0 bridgehead atoms. The second kappa shape index (κ2) is 5.18. The zero-order chi connectivity index (χ0) is 10.4. The number of pyridine rings is 1. The molecule has 0 fully saturated rings. The quantitative estimate of drug-likeness (QED) is 0.476. The lowest BCUT2D eigenvalue weighted by molar-refractivity contribution is 0.210. The molecule has 1 heterocycles. The highest BCUT2D eigenvalue weighted by Gasteiger charge is 2.00. The van der Waals surface area contributed by atoms with Crippen LogP contribution in [0.25, 0.3) is 0 Å². The largest absolute Gasteiger partial charge is 0.397 e. The van der Waals surface area contributed by atoms with Crippen molar-refractivity contribution >= 4 is 17.7 Å². The molecule has 0 aliphatic rings. The van der Waals surface area contributed by atoms with Crippen molar-refractivity contribution in [1.82, 2.24) is 4.98 Å². The van der Waals surface area contributed by atoms with Gasteiger partial charge in [0.1, 0.15) is 5.82 Å². The van der Waals surface area contributed by atoms with Gasteiger partial charge in [0.25, 0.3) is 0 Å². The van der Waals surface area contributed by atoms with E-state index in [9.17, 15) is 0 Å². The molecule has 1 rings (SSSR count). The second-order valence-corrected chi connectivity index (χ2v) is 2.77. The summed E-state index contributed by atoms with van der Waals surface area (Å²) in [6.07, 6.45) is 2.78. The van der Waals surface area contributed by atoms with Gasteiger partial charge in [-0.15, -0.1) is 0 Å². The number of ether oxygens (including phenoxy) is 1. The first-order chi connectivity index (χ1) is 6.77. The van der Waals surface area contributed by atoms with Crippen molar-refractivity contribution in [1.29, 1.82) is 5.41 Å². The first kappa shape index (κ1) is 10.5. The highest BCUT2D eigenvalue weighted by molar-refractivity contribution is 5.85. The van der Waals surface area contributed by atoms with E-state index < -0.39 is 0 Å². The summed E-state index contributed by atoms with van der Waals surface area (Å²) in [5.41, 5.74) is 6.78. The van der Waals surface area contributed by atoms with Crippen LogP contribution < -0.4 is 11.1 Å². The zero-order valence-electron chi connectivity index (χ0n) is 8.08. The molecule has 76 valence electrons. The van der Waals surface area contributed by atoms with Gasteiger partial charge in [0.2, 0.25) is 0 Å². The molecule has 0 spiro atoms. The molecule has 0 radical (unpaired) electrons. The van der Waals surface area contributed by atoms with Gasteiger partial charge >= 0.3 is 0 Å². The average molecular weight is 194 g/mol. The first-order valence-corrected chi connectivity index (χ1v) is 4.26. The minimum Gasteiger partial charge on any atom is -0.397 e. The lowest BCUT2D eigenvalue weighted by atomic mass is 10.2. The standard InChI is InChI=1S/C9H14N4O/c1-14-3-2-12-9-7(5-10)4-8(11)6-13-9/h4-6,10H,2-3,11H2,1H3,(H,12,13). The fourth-order valence-corrected chi connectivity index (χ4v) is 1.03. The highest BCUT2D eigenvalue weighted by Crippen LogP contribution is 2.12. The van der Waals surface area contributed by atoms with Gasteiger partial charge < -0.3 is 21.2 Å². The summed E-state index contributed by atoms with van der Waals surface area (Å²) in [4.78, 5) is 4.08. The maximum Gasteiger partial charge on any atom is 0.134 e. The van der Waals surface area contributed by atoms with Crippen molar-refractivity contribution in [2.24, 2.45) is 0 Å². The number of nitrogens with two attached hydrogens (primary N) is 1. The number of anilines is 2. The third-order valence-electron chi connectivity index (χ3n) is 1.69. The lowest BCUT2D eigenvalue weighted by Gasteiger charge is -2.07. The first-order valence-electron chi connectivity index (χ1n) is 4.26. The van der Waals surface area contributed by atoms with Crippen LogP contribution in [0.2, 0.25) is 0 Å². The summed E-state index contributed by atoms with van der Waals surface area (Å²) < 4.78 is 4.89. The second-order valence-electron chi connectivity index (χ2n) is 2.77. The van der Waals surface area contributed by atoms with Gasteiger partial charge in [-0.25, -0.2) is 4.98 Å². The lowest BCUT2D eigenvalue weighted by Crippen LogP contribution is -2.10. The molecule has 5 nitrogen and oxygen atoms in total. The van der Waals surface area contributed by atoms with Gasteiger partial charge in [0.05, 0.1) is 18.5 Å². The Bertz CT molecular complexity index is 314. The van der Waals surface area contributed by atoms with Crippen molar-refractivity contribution in [2.75, 3.05) is 31.3 Å². The predicted octanol–water partition coefficient (Wildman–Crippen LogP) is 0.720. The van der Waals surface area contributed by atoms with Gasteiger partial charge in [-0.2, -0.15) is 0 Å². The van der Waals surface area contributed by atoms with Gasteiger partial charge in [0, 0.05) is 25.4 Å². The van der Waals surface area contributed by atoms with E-state index in [0.29, 0.717) is 30.2 Å². The van der Waals surface area contributed by atoms with Crippen LogP contribution in [-0.2, 0) is 4.74 Å². The van der Waals surface area contributed by atoms with Crippen molar-refractivity contribution in [3.8, 4) is 0 Å². The number of nitrogen functional groups attached to an aromatic ring is 1. The van der Waals surface area contributed by atoms with Gasteiger partial charge in [-0.05, 0) is 6.07 Å². The molecule has 0 saturated carbocycles. The van der Waals surface area contributed by atoms with E-state index in [1.165, 1.54) is 6.21 Å². The van der Waals surface area contributed by atoms with Crippen LogP contribution in [0.1, 0.15) is 5.56 Å². The zero-order valence-corrected chi connectivity index (χ0v) is 8.08. The van der Waals surface area contributed by atoms with Crippen molar-refractivity contribution in [3.63, 3.8) is 0 Å². The van der Waals surface area contributed by atoms with E-state index in [1.54, 1.807) is 19.4 Å². The van der Waals surface area contributed by atoms with Crippen molar-refractivity contribution in [2.45, 2.75) is 0 Å². The molecule has 0 aliphatic carbocycles. The molecule has 14 heavy (non-hydrogen) atoms. The number of nitrogens with zero attached hydrogens (tertiary/aromatic N) is 1. The summed E-state index contributed by atoms with van der Waals surface area (Å²) in [5.74, 6) is 0.659. The van der Waals surface area contributed by atoms with Gasteiger partial charge in [-0.3, -0.25) is 0 Å².